The number of hydrogen-bond acceptors (Lipinski definition) is 4. The van der Waals surface area contributed by atoms with Crippen molar-refractivity contribution in [1.29, 1.82) is 0 Å². The lowest BCUT2D eigenvalue weighted by atomic mass is 9.84. The fourth-order valence-corrected chi connectivity index (χ4v) is 2.59. The molecule has 0 spiro atoms. The second-order valence-electron chi connectivity index (χ2n) is 4.82. The van der Waals surface area contributed by atoms with Gasteiger partial charge >= 0.3 is 0 Å². The van der Waals surface area contributed by atoms with E-state index in [9.17, 15) is 8.42 Å². The summed E-state index contributed by atoms with van der Waals surface area (Å²) in [5.41, 5.74) is 0.0516. The molecule has 0 aromatic carbocycles. The maximum Gasteiger partial charge on any atom is 0.150 e. The van der Waals surface area contributed by atoms with Crippen molar-refractivity contribution in [2.75, 3.05) is 38.3 Å². The number of methoxy groups -OCH3 is 1. The van der Waals surface area contributed by atoms with Crippen molar-refractivity contribution in [3.05, 3.63) is 0 Å². The second kappa shape index (κ2) is 8.06. The molecule has 0 rings (SSSR count). The minimum Gasteiger partial charge on any atom is -0.383 e. The molecule has 5 heteroatoms. The van der Waals surface area contributed by atoms with Gasteiger partial charge in [-0.15, -0.1) is 0 Å². The molecule has 0 radical (unpaired) electrons. The van der Waals surface area contributed by atoms with E-state index in [1.165, 1.54) is 0 Å². The molecule has 0 aromatic heterocycles. The van der Waals surface area contributed by atoms with Gasteiger partial charge in [0.05, 0.1) is 12.4 Å². The van der Waals surface area contributed by atoms with Crippen LogP contribution in [-0.2, 0) is 14.6 Å². The van der Waals surface area contributed by atoms with Gasteiger partial charge in [0.1, 0.15) is 9.84 Å². The van der Waals surface area contributed by atoms with E-state index in [0.29, 0.717) is 12.4 Å². The number of sulfone groups is 1. The van der Waals surface area contributed by atoms with E-state index in [2.05, 4.69) is 19.2 Å². The fourth-order valence-electron chi connectivity index (χ4n) is 1.50. The Bertz CT molecular complexity index is 290. The molecule has 0 fully saturated rings. The monoisotopic (exact) mass is 265 g/mol. The van der Waals surface area contributed by atoms with Gasteiger partial charge < -0.3 is 10.1 Å². The zero-order valence-corrected chi connectivity index (χ0v) is 12.4. The van der Waals surface area contributed by atoms with Gasteiger partial charge in [-0.3, -0.25) is 0 Å². The molecule has 0 aliphatic carbocycles. The third-order valence-corrected chi connectivity index (χ3v) is 5.05. The van der Waals surface area contributed by atoms with Gasteiger partial charge in [0.25, 0.3) is 0 Å². The van der Waals surface area contributed by atoms with Gasteiger partial charge in [0.2, 0.25) is 0 Å². The molecule has 0 bridgehead atoms. The summed E-state index contributed by atoms with van der Waals surface area (Å²) >= 11 is 0. The lowest BCUT2D eigenvalue weighted by molar-refractivity contribution is 0.190. The standard InChI is InChI=1S/C12H27NO3S/c1-5-12(3,11-13-8-9-16-4)7-10-17(14,15)6-2/h13H,5-11H2,1-4H3. The van der Waals surface area contributed by atoms with Crippen LogP contribution in [0, 0.1) is 5.41 Å². The summed E-state index contributed by atoms with van der Waals surface area (Å²) < 4.78 is 28.0. The summed E-state index contributed by atoms with van der Waals surface area (Å²) in [4.78, 5) is 0. The Labute approximate surface area is 106 Å². The molecule has 1 atom stereocenters. The van der Waals surface area contributed by atoms with E-state index in [0.717, 1.165) is 25.9 Å². The Balaban J connectivity index is 4.09. The molecule has 1 unspecified atom stereocenters. The Morgan fingerprint density at radius 1 is 1.29 bits per heavy atom. The second-order valence-corrected chi connectivity index (χ2v) is 7.29. The molecule has 17 heavy (non-hydrogen) atoms. The van der Waals surface area contributed by atoms with Gasteiger partial charge in [0, 0.05) is 26.0 Å². The summed E-state index contributed by atoms with van der Waals surface area (Å²) in [6.45, 7) is 8.29. The average Bonchev–Trinajstić information content (AvgIpc) is 2.32. The van der Waals surface area contributed by atoms with E-state index in [1.807, 2.05) is 0 Å². The normalized spacial score (nSPS) is 15.8. The molecule has 4 nitrogen and oxygen atoms in total. The van der Waals surface area contributed by atoms with Gasteiger partial charge in [-0.2, -0.15) is 0 Å². The summed E-state index contributed by atoms with van der Waals surface area (Å²) in [6.07, 6.45) is 1.70. The van der Waals surface area contributed by atoms with Crippen molar-refractivity contribution in [1.82, 2.24) is 5.32 Å². The first kappa shape index (κ1) is 16.9. The van der Waals surface area contributed by atoms with Gasteiger partial charge in [-0.25, -0.2) is 8.42 Å². The fraction of sp³-hybridized carbons (Fsp3) is 1.00. The quantitative estimate of drug-likeness (QED) is 0.608. The maximum absolute atomic E-state index is 11.5. The molecule has 0 saturated heterocycles. The van der Waals surface area contributed by atoms with E-state index >= 15 is 0 Å². The number of rotatable bonds is 10. The Kier molecular flexibility index (Phi) is 8.00. The van der Waals surface area contributed by atoms with E-state index in [-0.39, 0.29) is 11.2 Å². The highest BCUT2D eigenvalue weighted by Crippen LogP contribution is 2.25. The molecular formula is C12H27NO3S. The van der Waals surface area contributed by atoms with E-state index < -0.39 is 9.84 Å². The number of ether oxygens (including phenoxy) is 1. The Hall–Kier alpha value is -0.130. The molecule has 0 aliphatic rings. The first-order chi connectivity index (χ1) is 7.89. The molecule has 104 valence electrons. The smallest absolute Gasteiger partial charge is 0.150 e. The van der Waals surface area contributed by atoms with Gasteiger partial charge in [-0.1, -0.05) is 20.8 Å². The van der Waals surface area contributed by atoms with Crippen LogP contribution >= 0.6 is 0 Å². The van der Waals surface area contributed by atoms with Crippen LogP contribution in [0.4, 0.5) is 0 Å². The van der Waals surface area contributed by atoms with Gasteiger partial charge in [-0.05, 0) is 18.3 Å². The third-order valence-electron chi connectivity index (χ3n) is 3.34. The molecule has 0 aliphatic heterocycles. The van der Waals surface area contributed by atoms with E-state index in [1.54, 1.807) is 14.0 Å². The summed E-state index contributed by atoms with van der Waals surface area (Å²) in [5, 5.41) is 3.31. The summed E-state index contributed by atoms with van der Waals surface area (Å²) in [5.74, 6) is 0.531. The zero-order valence-electron chi connectivity index (χ0n) is 11.6. The highest BCUT2D eigenvalue weighted by molar-refractivity contribution is 7.91. The van der Waals surface area contributed by atoms with E-state index in [4.69, 9.17) is 4.74 Å². The van der Waals surface area contributed by atoms with Crippen molar-refractivity contribution >= 4 is 9.84 Å². The molecule has 0 aromatic rings. The predicted octanol–water partition coefficient (Wildman–Crippen LogP) is 1.46. The van der Waals surface area contributed by atoms with Crippen LogP contribution < -0.4 is 5.32 Å². The zero-order chi connectivity index (χ0) is 13.4. The van der Waals surface area contributed by atoms with Crippen molar-refractivity contribution in [2.24, 2.45) is 5.41 Å². The van der Waals surface area contributed by atoms with Crippen LogP contribution in [-0.4, -0.2) is 46.7 Å². The molecule has 1 N–H and O–H groups in total. The SMILES string of the molecule is CCC(C)(CCS(=O)(=O)CC)CNCCOC. The Morgan fingerprint density at radius 2 is 1.94 bits per heavy atom. The first-order valence-corrected chi connectivity index (χ1v) is 8.11. The molecule has 0 heterocycles. The highest BCUT2D eigenvalue weighted by atomic mass is 32.2. The van der Waals surface area contributed by atoms with Crippen molar-refractivity contribution in [3.8, 4) is 0 Å². The lowest BCUT2D eigenvalue weighted by Crippen LogP contribution is -2.34. The van der Waals surface area contributed by atoms with Gasteiger partial charge in [0.15, 0.2) is 0 Å². The number of hydrogen-bond donors (Lipinski definition) is 1. The molecular weight excluding hydrogens is 238 g/mol. The van der Waals surface area contributed by atoms with Crippen LogP contribution in [0.5, 0.6) is 0 Å². The van der Waals surface area contributed by atoms with Crippen LogP contribution in [0.15, 0.2) is 0 Å². The van der Waals surface area contributed by atoms with Crippen molar-refractivity contribution in [3.63, 3.8) is 0 Å². The van der Waals surface area contributed by atoms with Crippen LogP contribution in [0.1, 0.15) is 33.6 Å². The average molecular weight is 265 g/mol. The Morgan fingerprint density at radius 3 is 2.41 bits per heavy atom. The highest BCUT2D eigenvalue weighted by Gasteiger charge is 2.24. The largest absolute Gasteiger partial charge is 0.383 e. The summed E-state index contributed by atoms with van der Waals surface area (Å²) in [6, 6.07) is 0. The van der Waals surface area contributed by atoms with Crippen LogP contribution in [0.25, 0.3) is 0 Å². The van der Waals surface area contributed by atoms with Crippen molar-refractivity contribution in [2.45, 2.75) is 33.6 Å². The minimum atomic E-state index is -2.85. The first-order valence-electron chi connectivity index (χ1n) is 6.29. The molecule has 0 saturated carbocycles. The minimum absolute atomic E-state index is 0.0516. The lowest BCUT2D eigenvalue weighted by Gasteiger charge is -2.28. The number of nitrogens with one attached hydrogen (secondary N) is 1. The topological polar surface area (TPSA) is 55.4 Å². The predicted molar refractivity (Wildman–Crippen MR) is 72.1 cm³/mol. The molecule has 0 amide bonds. The maximum atomic E-state index is 11.5. The van der Waals surface area contributed by atoms with Crippen molar-refractivity contribution < 1.29 is 13.2 Å². The summed E-state index contributed by atoms with van der Waals surface area (Å²) in [7, 11) is -1.18. The van der Waals surface area contributed by atoms with Crippen LogP contribution in [0.3, 0.4) is 0 Å². The third kappa shape index (κ3) is 7.73. The van der Waals surface area contributed by atoms with Crippen LogP contribution in [0.2, 0.25) is 0 Å².